The number of hydrogen-bond donors (Lipinski definition) is 1. The molecule has 0 amide bonds. The summed E-state index contributed by atoms with van der Waals surface area (Å²) in [4.78, 5) is 5.93. The van der Waals surface area contributed by atoms with Crippen LogP contribution in [-0.2, 0) is 10.4 Å². The summed E-state index contributed by atoms with van der Waals surface area (Å²) in [6, 6.07) is 10.8. The van der Waals surface area contributed by atoms with Gasteiger partial charge in [-0.25, -0.2) is 0 Å². The highest BCUT2D eigenvalue weighted by atomic mass is 16.7. The first-order chi connectivity index (χ1) is 8.29. The molecule has 1 aliphatic heterocycles. The lowest BCUT2D eigenvalue weighted by atomic mass is 9.71. The molecule has 3 fully saturated rings. The molecular weight excluding hydrogens is 210 g/mol. The molecule has 1 saturated heterocycles. The van der Waals surface area contributed by atoms with Crippen LogP contribution >= 0.6 is 0 Å². The Kier molecular flexibility index (Phi) is 1.98. The summed E-state index contributed by atoms with van der Waals surface area (Å²) in [5.74, 6) is 2.34. The third-order valence-electron chi connectivity index (χ3n) is 5.29. The minimum Gasteiger partial charge on any atom is -0.297 e. The van der Waals surface area contributed by atoms with Gasteiger partial charge in [-0.3, -0.25) is 4.84 Å². The van der Waals surface area contributed by atoms with Gasteiger partial charge in [0.15, 0.2) is 0 Å². The highest BCUT2D eigenvalue weighted by molar-refractivity contribution is 5.28. The van der Waals surface area contributed by atoms with E-state index in [1.165, 1.54) is 24.8 Å². The van der Waals surface area contributed by atoms with Gasteiger partial charge in [0.2, 0.25) is 0 Å². The molecule has 3 aliphatic rings. The van der Waals surface area contributed by atoms with Gasteiger partial charge in [0, 0.05) is 5.92 Å². The second-order valence-corrected chi connectivity index (χ2v) is 6.11. The zero-order valence-electron chi connectivity index (χ0n) is 10.2. The molecule has 0 aromatic heterocycles. The minimum atomic E-state index is 0.0196. The van der Waals surface area contributed by atoms with Gasteiger partial charge < -0.3 is 0 Å². The largest absolute Gasteiger partial charge is 0.297 e. The van der Waals surface area contributed by atoms with Crippen LogP contribution in [0.2, 0.25) is 0 Å². The predicted molar refractivity (Wildman–Crippen MR) is 66.1 cm³/mol. The van der Waals surface area contributed by atoms with Crippen LogP contribution in [0.4, 0.5) is 0 Å². The average molecular weight is 229 g/mol. The lowest BCUT2D eigenvalue weighted by Gasteiger charge is -2.34. The Hall–Kier alpha value is -0.860. The van der Waals surface area contributed by atoms with Crippen LogP contribution in [0.15, 0.2) is 30.3 Å². The van der Waals surface area contributed by atoms with E-state index >= 15 is 0 Å². The van der Waals surface area contributed by atoms with Crippen LogP contribution < -0.4 is 5.48 Å². The molecule has 0 radical (unpaired) electrons. The SMILES string of the molecule is C[C@@]1(c2ccccc2)NO[C@H]2[C@@H]3CC[C@@H](C3)[C@H]21. The highest BCUT2D eigenvalue weighted by Gasteiger charge is 2.60. The first kappa shape index (κ1) is 10.1. The van der Waals surface area contributed by atoms with Crippen molar-refractivity contribution in [3.05, 3.63) is 35.9 Å². The Morgan fingerprint density at radius 2 is 1.94 bits per heavy atom. The van der Waals surface area contributed by atoms with E-state index < -0.39 is 0 Å². The van der Waals surface area contributed by atoms with Gasteiger partial charge in [-0.15, -0.1) is 0 Å². The molecule has 2 heteroatoms. The van der Waals surface area contributed by atoms with Crippen molar-refractivity contribution in [1.82, 2.24) is 5.48 Å². The van der Waals surface area contributed by atoms with E-state index in [1.54, 1.807) is 0 Å². The molecule has 0 spiro atoms. The lowest BCUT2D eigenvalue weighted by Crippen LogP contribution is -2.41. The molecule has 17 heavy (non-hydrogen) atoms. The summed E-state index contributed by atoms with van der Waals surface area (Å²) in [6.45, 7) is 2.31. The van der Waals surface area contributed by atoms with E-state index in [0.29, 0.717) is 12.0 Å². The molecule has 4 rings (SSSR count). The number of hydroxylamine groups is 1. The van der Waals surface area contributed by atoms with Crippen LogP contribution in [0, 0.1) is 17.8 Å². The standard InChI is InChI=1S/C15H19NO/c1-15(12-5-3-2-4-6-12)13-10-7-8-11(9-10)14(13)17-16-15/h2-6,10-11,13-14,16H,7-9H2,1H3/t10-,11+,13+,14-,15-/m0/s1. The smallest absolute Gasteiger partial charge is 0.0871 e. The van der Waals surface area contributed by atoms with Crippen molar-refractivity contribution in [2.75, 3.05) is 0 Å². The van der Waals surface area contributed by atoms with E-state index in [0.717, 1.165) is 11.8 Å². The Balaban J connectivity index is 1.75. The summed E-state index contributed by atoms with van der Waals surface area (Å²) < 4.78 is 0. The monoisotopic (exact) mass is 229 g/mol. The predicted octanol–water partition coefficient (Wildman–Crippen LogP) is 2.85. The van der Waals surface area contributed by atoms with Crippen molar-refractivity contribution in [2.45, 2.75) is 37.8 Å². The van der Waals surface area contributed by atoms with E-state index in [4.69, 9.17) is 4.84 Å². The first-order valence-electron chi connectivity index (χ1n) is 6.77. The van der Waals surface area contributed by atoms with Crippen molar-refractivity contribution in [3.63, 3.8) is 0 Å². The molecule has 2 saturated carbocycles. The van der Waals surface area contributed by atoms with Crippen molar-refractivity contribution in [3.8, 4) is 0 Å². The zero-order valence-corrected chi connectivity index (χ0v) is 10.2. The van der Waals surface area contributed by atoms with Gasteiger partial charge in [-0.1, -0.05) is 30.3 Å². The Bertz CT molecular complexity index is 432. The van der Waals surface area contributed by atoms with E-state index in [1.807, 2.05) is 0 Å². The Labute approximate surface area is 102 Å². The fourth-order valence-electron chi connectivity index (χ4n) is 4.50. The molecule has 2 nitrogen and oxygen atoms in total. The van der Waals surface area contributed by atoms with E-state index in [2.05, 4.69) is 42.7 Å². The number of fused-ring (bicyclic) bond motifs is 5. The van der Waals surface area contributed by atoms with Crippen molar-refractivity contribution in [2.24, 2.45) is 17.8 Å². The molecule has 5 atom stereocenters. The zero-order chi connectivity index (χ0) is 11.5. The van der Waals surface area contributed by atoms with Gasteiger partial charge >= 0.3 is 0 Å². The fourth-order valence-corrected chi connectivity index (χ4v) is 4.50. The normalized spacial score (nSPS) is 47.4. The Morgan fingerprint density at radius 3 is 2.76 bits per heavy atom. The topological polar surface area (TPSA) is 21.3 Å². The number of nitrogens with one attached hydrogen (secondary N) is 1. The van der Waals surface area contributed by atoms with Crippen molar-refractivity contribution in [1.29, 1.82) is 0 Å². The second kappa shape index (κ2) is 3.33. The molecule has 1 aromatic rings. The Morgan fingerprint density at radius 1 is 1.18 bits per heavy atom. The van der Waals surface area contributed by atoms with Crippen LogP contribution in [0.1, 0.15) is 31.7 Å². The molecule has 2 bridgehead atoms. The molecule has 1 N–H and O–H groups in total. The van der Waals surface area contributed by atoms with Crippen molar-refractivity contribution >= 4 is 0 Å². The fraction of sp³-hybridized carbons (Fsp3) is 0.600. The van der Waals surface area contributed by atoms with E-state index in [-0.39, 0.29) is 5.54 Å². The van der Waals surface area contributed by atoms with E-state index in [9.17, 15) is 0 Å². The minimum absolute atomic E-state index is 0.0196. The van der Waals surface area contributed by atoms with Crippen LogP contribution in [0.3, 0.4) is 0 Å². The molecule has 0 unspecified atom stereocenters. The van der Waals surface area contributed by atoms with Crippen LogP contribution in [0.25, 0.3) is 0 Å². The molecule has 2 aliphatic carbocycles. The van der Waals surface area contributed by atoms with Crippen LogP contribution in [0.5, 0.6) is 0 Å². The lowest BCUT2D eigenvalue weighted by molar-refractivity contribution is -0.0134. The number of benzene rings is 1. The average Bonchev–Trinajstić information content (AvgIpc) is 3.04. The summed E-state index contributed by atoms with van der Waals surface area (Å²) in [5.41, 5.74) is 4.75. The highest BCUT2D eigenvalue weighted by Crippen LogP contribution is 2.58. The van der Waals surface area contributed by atoms with Gasteiger partial charge in [0.05, 0.1) is 11.6 Å². The van der Waals surface area contributed by atoms with Gasteiger partial charge in [-0.05, 0) is 43.6 Å². The summed E-state index contributed by atoms with van der Waals surface area (Å²) in [7, 11) is 0. The molecular formula is C15H19NO. The van der Waals surface area contributed by atoms with Gasteiger partial charge in [0.25, 0.3) is 0 Å². The first-order valence-corrected chi connectivity index (χ1v) is 6.77. The third kappa shape index (κ3) is 1.23. The maximum absolute atomic E-state index is 5.93. The number of hydrogen-bond acceptors (Lipinski definition) is 2. The quantitative estimate of drug-likeness (QED) is 0.799. The summed E-state index contributed by atoms with van der Waals surface area (Å²) in [6.07, 6.45) is 4.62. The van der Waals surface area contributed by atoms with Crippen molar-refractivity contribution < 1.29 is 4.84 Å². The number of rotatable bonds is 1. The maximum atomic E-state index is 5.93. The van der Waals surface area contributed by atoms with Gasteiger partial charge in [-0.2, -0.15) is 5.48 Å². The second-order valence-electron chi connectivity index (χ2n) is 6.11. The van der Waals surface area contributed by atoms with Gasteiger partial charge in [0.1, 0.15) is 0 Å². The molecule has 1 aromatic carbocycles. The maximum Gasteiger partial charge on any atom is 0.0871 e. The third-order valence-corrected chi connectivity index (χ3v) is 5.29. The summed E-state index contributed by atoms with van der Waals surface area (Å²) in [5, 5.41) is 0. The molecule has 90 valence electrons. The summed E-state index contributed by atoms with van der Waals surface area (Å²) >= 11 is 0. The van der Waals surface area contributed by atoms with Crippen LogP contribution in [-0.4, -0.2) is 6.10 Å². The molecule has 1 heterocycles.